The SMILES string of the molecule is CCc1ccc(-n2ccc([C@H]3OCCN3Cc3ccco3)c2)cc1. The monoisotopic (exact) mass is 322 g/mol. The highest BCUT2D eigenvalue weighted by molar-refractivity contribution is 5.36. The van der Waals surface area contributed by atoms with Crippen LogP contribution in [0, 0.1) is 0 Å². The Morgan fingerprint density at radius 1 is 1.12 bits per heavy atom. The van der Waals surface area contributed by atoms with Gasteiger partial charge in [0.05, 0.1) is 19.4 Å². The molecule has 1 fully saturated rings. The highest BCUT2D eigenvalue weighted by Crippen LogP contribution is 2.29. The predicted octanol–water partition coefficient (Wildman–Crippen LogP) is 4.16. The van der Waals surface area contributed by atoms with Gasteiger partial charge in [-0.3, -0.25) is 4.90 Å². The summed E-state index contributed by atoms with van der Waals surface area (Å²) in [6.07, 6.45) is 7.04. The molecule has 124 valence electrons. The molecule has 4 heteroatoms. The summed E-state index contributed by atoms with van der Waals surface area (Å²) in [6, 6.07) is 14.8. The van der Waals surface area contributed by atoms with Crippen LogP contribution in [0.5, 0.6) is 0 Å². The molecular formula is C20H22N2O2. The van der Waals surface area contributed by atoms with Gasteiger partial charge in [0.25, 0.3) is 0 Å². The third-order valence-corrected chi connectivity index (χ3v) is 4.57. The van der Waals surface area contributed by atoms with Crippen LogP contribution in [-0.4, -0.2) is 22.6 Å². The zero-order valence-electron chi connectivity index (χ0n) is 13.9. The van der Waals surface area contributed by atoms with E-state index in [9.17, 15) is 0 Å². The van der Waals surface area contributed by atoms with Gasteiger partial charge in [-0.05, 0) is 42.3 Å². The van der Waals surface area contributed by atoms with E-state index in [1.54, 1.807) is 6.26 Å². The quantitative estimate of drug-likeness (QED) is 0.706. The summed E-state index contributed by atoms with van der Waals surface area (Å²) in [4.78, 5) is 2.30. The van der Waals surface area contributed by atoms with Crippen LogP contribution in [0.3, 0.4) is 0 Å². The number of hydrogen-bond acceptors (Lipinski definition) is 3. The molecule has 4 rings (SSSR count). The van der Waals surface area contributed by atoms with Crippen LogP contribution in [-0.2, 0) is 17.7 Å². The maximum atomic E-state index is 5.96. The van der Waals surface area contributed by atoms with Gasteiger partial charge in [-0.1, -0.05) is 19.1 Å². The zero-order valence-corrected chi connectivity index (χ0v) is 13.9. The molecule has 0 N–H and O–H groups in total. The van der Waals surface area contributed by atoms with E-state index < -0.39 is 0 Å². The number of aromatic nitrogens is 1. The molecule has 0 saturated carbocycles. The molecule has 0 bridgehead atoms. The van der Waals surface area contributed by atoms with Gasteiger partial charge in [0.2, 0.25) is 0 Å². The molecule has 3 heterocycles. The maximum Gasteiger partial charge on any atom is 0.138 e. The number of hydrogen-bond donors (Lipinski definition) is 0. The van der Waals surface area contributed by atoms with Crippen molar-refractivity contribution in [2.75, 3.05) is 13.2 Å². The molecule has 3 aromatic rings. The average Bonchev–Trinajstić information content (AvgIpc) is 3.37. The first-order chi connectivity index (χ1) is 11.8. The van der Waals surface area contributed by atoms with Crippen molar-refractivity contribution >= 4 is 0 Å². The molecule has 0 aliphatic carbocycles. The third kappa shape index (κ3) is 3.03. The molecule has 2 aromatic heterocycles. The maximum absolute atomic E-state index is 5.96. The minimum Gasteiger partial charge on any atom is -0.468 e. The fraction of sp³-hybridized carbons (Fsp3) is 0.300. The van der Waals surface area contributed by atoms with E-state index in [4.69, 9.17) is 9.15 Å². The first-order valence-electron chi connectivity index (χ1n) is 8.49. The van der Waals surface area contributed by atoms with Crippen LogP contribution in [0.4, 0.5) is 0 Å². The first-order valence-corrected chi connectivity index (χ1v) is 8.49. The lowest BCUT2D eigenvalue weighted by Gasteiger charge is -2.21. The van der Waals surface area contributed by atoms with Gasteiger partial charge >= 0.3 is 0 Å². The zero-order chi connectivity index (χ0) is 16.4. The lowest BCUT2D eigenvalue weighted by Crippen LogP contribution is -2.22. The molecular weight excluding hydrogens is 300 g/mol. The van der Waals surface area contributed by atoms with Crippen molar-refractivity contribution in [1.82, 2.24) is 9.47 Å². The fourth-order valence-electron chi connectivity index (χ4n) is 3.20. The number of furan rings is 1. The number of benzene rings is 1. The van der Waals surface area contributed by atoms with Crippen LogP contribution in [0.15, 0.2) is 65.5 Å². The molecule has 1 atom stereocenters. The van der Waals surface area contributed by atoms with Crippen molar-refractivity contribution < 1.29 is 9.15 Å². The summed E-state index contributed by atoms with van der Waals surface area (Å²) >= 11 is 0. The summed E-state index contributed by atoms with van der Waals surface area (Å²) in [5.41, 5.74) is 3.71. The van der Waals surface area contributed by atoms with Crippen LogP contribution in [0.2, 0.25) is 0 Å². The highest BCUT2D eigenvalue weighted by atomic mass is 16.5. The lowest BCUT2D eigenvalue weighted by molar-refractivity contribution is 0.0258. The Labute approximate surface area is 142 Å². The molecule has 4 nitrogen and oxygen atoms in total. The van der Waals surface area contributed by atoms with Crippen LogP contribution < -0.4 is 0 Å². The first kappa shape index (κ1) is 15.2. The van der Waals surface area contributed by atoms with E-state index in [1.165, 1.54) is 16.8 Å². The number of nitrogens with zero attached hydrogens (tertiary/aromatic N) is 2. The van der Waals surface area contributed by atoms with E-state index in [2.05, 4.69) is 59.1 Å². The lowest BCUT2D eigenvalue weighted by atomic mass is 10.1. The fourth-order valence-corrected chi connectivity index (χ4v) is 3.20. The molecule has 0 amide bonds. The van der Waals surface area contributed by atoms with E-state index >= 15 is 0 Å². The van der Waals surface area contributed by atoms with Gasteiger partial charge in [0.1, 0.15) is 12.0 Å². The van der Waals surface area contributed by atoms with Crippen molar-refractivity contribution in [3.05, 3.63) is 78.0 Å². The van der Waals surface area contributed by atoms with Crippen molar-refractivity contribution in [2.24, 2.45) is 0 Å². The second-order valence-corrected chi connectivity index (χ2v) is 6.15. The molecule has 24 heavy (non-hydrogen) atoms. The van der Waals surface area contributed by atoms with Gasteiger partial charge < -0.3 is 13.7 Å². The number of ether oxygens (including phenoxy) is 1. The van der Waals surface area contributed by atoms with Crippen molar-refractivity contribution in [3.63, 3.8) is 0 Å². The largest absolute Gasteiger partial charge is 0.468 e. The van der Waals surface area contributed by atoms with Gasteiger partial charge in [0, 0.05) is 30.2 Å². The number of rotatable bonds is 5. The molecule has 0 unspecified atom stereocenters. The Balaban J connectivity index is 1.52. The van der Waals surface area contributed by atoms with E-state index in [0.717, 1.165) is 31.9 Å². The topological polar surface area (TPSA) is 30.5 Å². The van der Waals surface area contributed by atoms with Crippen LogP contribution >= 0.6 is 0 Å². The Morgan fingerprint density at radius 2 is 2.00 bits per heavy atom. The Morgan fingerprint density at radius 3 is 2.75 bits per heavy atom. The summed E-state index contributed by atoms with van der Waals surface area (Å²) in [6.45, 7) is 4.62. The van der Waals surface area contributed by atoms with Gasteiger partial charge in [0.15, 0.2) is 0 Å². The minimum absolute atomic E-state index is 0.00809. The normalized spacial score (nSPS) is 18.3. The molecule has 1 aromatic carbocycles. The molecule has 0 spiro atoms. The number of aryl methyl sites for hydroxylation is 1. The van der Waals surface area contributed by atoms with Crippen LogP contribution in [0.1, 0.15) is 30.0 Å². The van der Waals surface area contributed by atoms with E-state index in [0.29, 0.717) is 0 Å². The van der Waals surface area contributed by atoms with Crippen molar-refractivity contribution in [1.29, 1.82) is 0 Å². The van der Waals surface area contributed by atoms with Crippen molar-refractivity contribution in [2.45, 2.75) is 26.1 Å². The Kier molecular flexibility index (Phi) is 4.24. The van der Waals surface area contributed by atoms with Gasteiger partial charge in [-0.15, -0.1) is 0 Å². The smallest absolute Gasteiger partial charge is 0.138 e. The van der Waals surface area contributed by atoms with E-state index in [1.807, 2.05) is 12.1 Å². The average molecular weight is 322 g/mol. The standard InChI is InChI=1S/C20H22N2O2/c1-2-16-5-7-18(8-6-16)21-10-9-17(14-21)20-22(11-13-24-20)15-19-4-3-12-23-19/h3-10,12,14,20H,2,11,13,15H2,1H3/t20-/m1/s1. The second kappa shape index (κ2) is 6.67. The molecule has 1 aliphatic rings. The summed E-state index contributed by atoms with van der Waals surface area (Å²) in [5.74, 6) is 0.972. The minimum atomic E-state index is -0.00809. The summed E-state index contributed by atoms with van der Waals surface area (Å²) in [7, 11) is 0. The molecule has 1 saturated heterocycles. The summed E-state index contributed by atoms with van der Waals surface area (Å²) in [5, 5.41) is 0. The van der Waals surface area contributed by atoms with Crippen LogP contribution in [0.25, 0.3) is 5.69 Å². The molecule has 1 aliphatic heterocycles. The second-order valence-electron chi connectivity index (χ2n) is 6.15. The van der Waals surface area contributed by atoms with E-state index in [-0.39, 0.29) is 6.23 Å². The highest BCUT2D eigenvalue weighted by Gasteiger charge is 2.28. The van der Waals surface area contributed by atoms with Gasteiger partial charge in [-0.2, -0.15) is 0 Å². The Hall–Kier alpha value is -2.30. The summed E-state index contributed by atoms with van der Waals surface area (Å²) < 4.78 is 13.6. The van der Waals surface area contributed by atoms with Crippen molar-refractivity contribution in [3.8, 4) is 5.69 Å². The van der Waals surface area contributed by atoms with Gasteiger partial charge in [-0.25, -0.2) is 0 Å². The third-order valence-electron chi connectivity index (χ3n) is 4.57. The molecule has 0 radical (unpaired) electrons. The Bertz CT molecular complexity index is 774. The predicted molar refractivity (Wildman–Crippen MR) is 93.0 cm³/mol.